The lowest BCUT2D eigenvalue weighted by atomic mass is 9.94. The highest BCUT2D eigenvalue weighted by atomic mass is 35.5. The Morgan fingerprint density at radius 3 is 2.93 bits per heavy atom. The molecule has 1 aromatic heterocycles. The van der Waals surface area contributed by atoms with E-state index >= 15 is 0 Å². The minimum atomic E-state index is 0.247. The average molecular weight is 226 g/mol. The van der Waals surface area contributed by atoms with Gasteiger partial charge in [0.1, 0.15) is 5.82 Å². The highest BCUT2D eigenvalue weighted by molar-refractivity contribution is 6.30. The van der Waals surface area contributed by atoms with Crippen molar-refractivity contribution in [3.8, 4) is 0 Å². The fourth-order valence-electron chi connectivity index (χ4n) is 1.86. The number of hydrogen-bond acceptors (Lipinski definition) is 3. The van der Waals surface area contributed by atoms with E-state index in [1.54, 1.807) is 6.20 Å². The first-order chi connectivity index (χ1) is 7.16. The number of pyridine rings is 1. The molecule has 0 amide bonds. The molecule has 1 fully saturated rings. The largest absolute Gasteiger partial charge is 0.355 e. The maximum absolute atomic E-state index is 6.04. The van der Waals surface area contributed by atoms with Crippen LogP contribution >= 0.6 is 11.6 Å². The van der Waals surface area contributed by atoms with Gasteiger partial charge in [-0.05, 0) is 24.5 Å². The second-order valence-corrected chi connectivity index (χ2v) is 4.65. The first-order valence-electron chi connectivity index (χ1n) is 5.29. The molecule has 1 aliphatic rings. The van der Waals surface area contributed by atoms with Gasteiger partial charge in [-0.3, -0.25) is 0 Å². The Balaban J connectivity index is 2.08. The first kappa shape index (κ1) is 10.7. The summed E-state index contributed by atoms with van der Waals surface area (Å²) in [4.78, 5) is 6.52. The number of hydrogen-bond donors (Lipinski definition) is 1. The van der Waals surface area contributed by atoms with Crippen molar-refractivity contribution >= 4 is 17.4 Å². The van der Waals surface area contributed by atoms with Gasteiger partial charge >= 0.3 is 0 Å². The minimum Gasteiger partial charge on any atom is -0.355 e. The zero-order valence-corrected chi connectivity index (χ0v) is 9.61. The molecule has 2 rings (SSSR count). The molecule has 1 aromatic rings. The van der Waals surface area contributed by atoms with Crippen molar-refractivity contribution in [1.82, 2.24) is 4.98 Å². The molecule has 82 valence electrons. The predicted octanol–water partition coefficient (Wildman–Crippen LogP) is 1.91. The van der Waals surface area contributed by atoms with Gasteiger partial charge in [-0.1, -0.05) is 18.5 Å². The van der Waals surface area contributed by atoms with Crippen molar-refractivity contribution in [3.05, 3.63) is 23.4 Å². The topological polar surface area (TPSA) is 42.2 Å². The second-order valence-electron chi connectivity index (χ2n) is 4.21. The summed E-state index contributed by atoms with van der Waals surface area (Å²) in [5.41, 5.74) is 6.04. The summed E-state index contributed by atoms with van der Waals surface area (Å²) < 4.78 is 0. The standard InChI is InChI=1S/C11H16ClN3/c1-8-4-5-15(7-10(8)13)11-3-2-9(12)6-14-11/h2-3,6,8,10H,4-5,7,13H2,1H3. The second kappa shape index (κ2) is 4.37. The molecule has 2 atom stereocenters. The van der Waals surface area contributed by atoms with E-state index in [-0.39, 0.29) is 6.04 Å². The van der Waals surface area contributed by atoms with Gasteiger partial charge in [0.05, 0.1) is 5.02 Å². The van der Waals surface area contributed by atoms with Crippen LogP contribution in [0.1, 0.15) is 13.3 Å². The first-order valence-corrected chi connectivity index (χ1v) is 5.66. The number of nitrogens with zero attached hydrogens (tertiary/aromatic N) is 2. The third-order valence-corrected chi connectivity index (χ3v) is 3.28. The van der Waals surface area contributed by atoms with E-state index in [4.69, 9.17) is 17.3 Å². The molecule has 0 aromatic carbocycles. The molecule has 0 aliphatic carbocycles. The molecule has 2 N–H and O–H groups in total. The molecule has 1 saturated heterocycles. The third kappa shape index (κ3) is 2.41. The molecule has 2 unspecified atom stereocenters. The van der Waals surface area contributed by atoms with E-state index in [1.807, 2.05) is 12.1 Å². The van der Waals surface area contributed by atoms with E-state index < -0.39 is 0 Å². The quantitative estimate of drug-likeness (QED) is 0.794. The van der Waals surface area contributed by atoms with Gasteiger partial charge in [-0.2, -0.15) is 0 Å². The van der Waals surface area contributed by atoms with Crippen molar-refractivity contribution in [2.24, 2.45) is 11.7 Å². The van der Waals surface area contributed by atoms with E-state index in [0.717, 1.165) is 25.3 Å². The maximum atomic E-state index is 6.04. The van der Waals surface area contributed by atoms with Crippen LogP contribution < -0.4 is 10.6 Å². The number of nitrogens with two attached hydrogens (primary N) is 1. The molecular weight excluding hydrogens is 210 g/mol. The molecule has 0 bridgehead atoms. The summed E-state index contributed by atoms with van der Waals surface area (Å²) in [7, 11) is 0. The minimum absolute atomic E-state index is 0.247. The molecule has 3 nitrogen and oxygen atoms in total. The van der Waals surface area contributed by atoms with Gasteiger partial charge in [-0.25, -0.2) is 4.98 Å². The van der Waals surface area contributed by atoms with E-state index in [9.17, 15) is 0 Å². The summed E-state index contributed by atoms with van der Waals surface area (Å²) in [6.45, 7) is 4.12. The molecule has 0 spiro atoms. The molecule has 4 heteroatoms. The van der Waals surface area contributed by atoms with Crippen LogP contribution in [0, 0.1) is 5.92 Å². The smallest absolute Gasteiger partial charge is 0.128 e. The van der Waals surface area contributed by atoms with Gasteiger partial charge in [0.2, 0.25) is 0 Å². The molecule has 0 saturated carbocycles. The number of rotatable bonds is 1. The molecule has 1 aliphatic heterocycles. The molecular formula is C11H16ClN3. The lowest BCUT2D eigenvalue weighted by Gasteiger charge is -2.35. The third-order valence-electron chi connectivity index (χ3n) is 3.05. The average Bonchev–Trinajstić information content (AvgIpc) is 2.23. The fourth-order valence-corrected chi connectivity index (χ4v) is 1.97. The van der Waals surface area contributed by atoms with Crippen LogP contribution in [-0.4, -0.2) is 24.1 Å². The maximum Gasteiger partial charge on any atom is 0.128 e. The van der Waals surface area contributed by atoms with Crippen molar-refractivity contribution in [3.63, 3.8) is 0 Å². The van der Waals surface area contributed by atoms with Gasteiger partial charge in [-0.15, -0.1) is 0 Å². The molecule has 0 radical (unpaired) electrons. The monoisotopic (exact) mass is 225 g/mol. The summed E-state index contributed by atoms with van der Waals surface area (Å²) in [5, 5.41) is 0.674. The van der Waals surface area contributed by atoms with E-state index in [1.165, 1.54) is 0 Å². The van der Waals surface area contributed by atoms with Crippen LogP contribution in [-0.2, 0) is 0 Å². The highest BCUT2D eigenvalue weighted by Gasteiger charge is 2.23. The van der Waals surface area contributed by atoms with Crippen molar-refractivity contribution < 1.29 is 0 Å². The van der Waals surface area contributed by atoms with Crippen LogP contribution in [0.15, 0.2) is 18.3 Å². The van der Waals surface area contributed by atoms with Crippen LogP contribution in [0.3, 0.4) is 0 Å². The Hall–Kier alpha value is -0.800. The number of aromatic nitrogens is 1. The fraction of sp³-hybridized carbons (Fsp3) is 0.545. The Bertz CT molecular complexity index is 325. The summed E-state index contributed by atoms with van der Waals surface area (Å²) in [5.74, 6) is 1.58. The predicted molar refractivity (Wildman–Crippen MR) is 63.2 cm³/mol. The van der Waals surface area contributed by atoms with Gasteiger partial charge in [0.15, 0.2) is 0 Å². The van der Waals surface area contributed by atoms with Gasteiger partial charge in [0, 0.05) is 25.3 Å². The van der Waals surface area contributed by atoms with Crippen molar-refractivity contribution in [1.29, 1.82) is 0 Å². The highest BCUT2D eigenvalue weighted by Crippen LogP contribution is 2.21. The summed E-state index contributed by atoms with van der Waals surface area (Å²) in [6.07, 6.45) is 2.81. The van der Waals surface area contributed by atoms with E-state index in [2.05, 4.69) is 16.8 Å². The molecule has 2 heterocycles. The normalized spacial score (nSPS) is 26.7. The lowest BCUT2D eigenvalue weighted by molar-refractivity contribution is 0.378. The van der Waals surface area contributed by atoms with Crippen LogP contribution in [0.5, 0.6) is 0 Å². The summed E-state index contributed by atoms with van der Waals surface area (Å²) >= 11 is 5.80. The Kier molecular flexibility index (Phi) is 3.12. The Morgan fingerprint density at radius 2 is 2.33 bits per heavy atom. The Morgan fingerprint density at radius 1 is 1.53 bits per heavy atom. The SMILES string of the molecule is CC1CCN(c2ccc(Cl)cn2)CC1N. The summed E-state index contributed by atoms with van der Waals surface area (Å²) in [6, 6.07) is 4.06. The molecule has 15 heavy (non-hydrogen) atoms. The van der Waals surface area contributed by atoms with Crippen LogP contribution in [0.4, 0.5) is 5.82 Å². The van der Waals surface area contributed by atoms with Crippen LogP contribution in [0.2, 0.25) is 5.02 Å². The lowest BCUT2D eigenvalue weighted by Crippen LogP contribution is -2.47. The van der Waals surface area contributed by atoms with Crippen LogP contribution in [0.25, 0.3) is 0 Å². The zero-order chi connectivity index (χ0) is 10.8. The number of anilines is 1. The van der Waals surface area contributed by atoms with Crippen molar-refractivity contribution in [2.45, 2.75) is 19.4 Å². The van der Waals surface area contributed by atoms with Gasteiger partial charge in [0.25, 0.3) is 0 Å². The zero-order valence-electron chi connectivity index (χ0n) is 8.86. The number of halogens is 1. The van der Waals surface area contributed by atoms with Gasteiger partial charge < -0.3 is 10.6 Å². The Labute approximate surface area is 95.2 Å². The van der Waals surface area contributed by atoms with Crippen molar-refractivity contribution in [2.75, 3.05) is 18.0 Å². The van der Waals surface area contributed by atoms with E-state index in [0.29, 0.717) is 10.9 Å². The number of piperidine rings is 1.